The van der Waals surface area contributed by atoms with Crippen LogP contribution >= 0.6 is 0 Å². The van der Waals surface area contributed by atoms with Gasteiger partial charge in [0.25, 0.3) is 5.91 Å². The summed E-state index contributed by atoms with van der Waals surface area (Å²) in [5.74, 6) is -0.232. The minimum Gasteiger partial charge on any atom is -0.465 e. The van der Waals surface area contributed by atoms with Crippen molar-refractivity contribution in [3.8, 4) is 0 Å². The third-order valence-electron chi connectivity index (χ3n) is 3.61. The maximum atomic E-state index is 12.7. The molecule has 6 heteroatoms. The molecule has 1 aliphatic rings. The summed E-state index contributed by atoms with van der Waals surface area (Å²) in [6, 6.07) is 6.68. The molecule has 0 aliphatic carbocycles. The molecule has 1 aromatic rings. The first-order chi connectivity index (χ1) is 9.73. The number of nitrogens with one attached hydrogen (secondary N) is 1. The fourth-order valence-corrected chi connectivity index (χ4v) is 2.64. The number of likely N-dealkylation sites (N-methyl/N-ethyl adjacent to an activating group) is 1. The Labute approximate surface area is 124 Å². The summed E-state index contributed by atoms with van der Waals surface area (Å²) in [5.41, 5.74) is 0.921. The van der Waals surface area contributed by atoms with E-state index in [0.29, 0.717) is 0 Å². The van der Waals surface area contributed by atoms with E-state index in [0.717, 1.165) is 11.4 Å². The van der Waals surface area contributed by atoms with Crippen LogP contribution in [0.1, 0.15) is 20.8 Å². The number of carbonyl (C=O) groups is 2. The molecule has 0 saturated carbocycles. The number of fused-ring (bicyclic) bond motifs is 1. The predicted molar refractivity (Wildman–Crippen MR) is 81.7 cm³/mol. The van der Waals surface area contributed by atoms with Crippen LogP contribution in [0.4, 0.5) is 16.2 Å². The summed E-state index contributed by atoms with van der Waals surface area (Å²) in [7, 11) is 1.67. The molecule has 0 saturated heterocycles. The number of nitrogens with zero attached hydrogens (tertiary/aromatic N) is 2. The van der Waals surface area contributed by atoms with Crippen LogP contribution in [0.15, 0.2) is 24.3 Å². The molecule has 1 unspecified atom stereocenters. The van der Waals surface area contributed by atoms with Gasteiger partial charge in [-0.25, -0.2) is 4.79 Å². The zero-order valence-corrected chi connectivity index (χ0v) is 12.8. The van der Waals surface area contributed by atoms with Crippen LogP contribution in [0.5, 0.6) is 0 Å². The average Bonchev–Trinajstić information content (AvgIpc) is 2.50. The number of amides is 2. The SMILES string of the molecule is CN1C(=O)C(N(C(=O)O)C(C)(C)C)CNc2ccccc21. The van der Waals surface area contributed by atoms with Crippen molar-refractivity contribution >= 4 is 23.4 Å². The molecule has 2 amide bonds. The van der Waals surface area contributed by atoms with Crippen LogP contribution in [-0.4, -0.2) is 47.2 Å². The summed E-state index contributed by atoms with van der Waals surface area (Å²) in [6.45, 7) is 5.61. The Balaban J connectivity index is 2.41. The Morgan fingerprint density at radius 1 is 1.38 bits per heavy atom. The van der Waals surface area contributed by atoms with Gasteiger partial charge in [0.15, 0.2) is 0 Å². The molecule has 0 aromatic heterocycles. The average molecular weight is 291 g/mol. The molecule has 0 bridgehead atoms. The minimum atomic E-state index is -1.10. The van der Waals surface area contributed by atoms with Crippen molar-refractivity contribution < 1.29 is 14.7 Å². The molecule has 1 atom stereocenters. The lowest BCUT2D eigenvalue weighted by Crippen LogP contribution is -2.58. The monoisotopic (exact) mass is 291 g/mol. The fraction of sp³-hybridized carbons (Fsp3) is 0.467. The lowest BCUT2D eigenvalue weighted by Gasteiger charge is -2.39. The van der Waals surface area contributed by atoms with Gasteiger partial charge in [0.1, 0.15) is 6.04 Å². The number of rotatable bonds is 1. The second kappa shape index (κ2) is 5.27. The van der Waals surface area contributed by atoms with E-state index in [9.17, 15) is 14.7 Å². The number of benzene rings is 1. The van der Waals surface area contributed by atoms with Crippen LogP contribution in [0.2, 0.25) is 0 Å². The molecule has 0 radical (unpaired) electrons. The zero-order valence-electron chi connectivity index (χ0n) is 12.8. The highest BCUT2D eigenvalue weighted by Crippen LogP contribution is 2.30. The Morgan fingerprint density at radius 2 is 2.00 bits per heavy atom. The molecular weight excluding hydrogens is 270 g/mol. The van der Waals surface area contributed by atoms with E-state index >= 15 is 0 Å². The van der Waals surface area contributed by atoms with Crippen LogP contribution in [0.25, 0.3) is 0 Å². The van der Waals surface area contributed by atoms with E-state index in [1.54, 1.807) is 27.8 Å². The maximum Gasteiger partial charge on any atom is 0.408 e. The van der Waals surface area contributed by atoms with Gasteiger partial charge in [0.05, 0.1) is 11.4 Å². The van der Waals surface area contributed by atoms with Gasteiger partial charge < -0.3 is 15.3 Å². The first-order valence-electron chi connectivity index (χ1n) is 6.86. The molecule has 1 heterocycles. The van der Waals surface area contributed by atoms with Gasteiger partial charge in [-0.3, -0.25) is 9.69 Å². The molecule has 1 aliphatic heterocycles. The minimum absolute atomic E-state index is 0.232. The van der Waals surface area contributed by atoms with Crippen molar-refractivity contribution in [2.24, 2.45) is 0 Å². The molecule has 114 valence electrons. The zero-order chi connectivity index (χ0) is 15.8. The van der Waals surface area contributed by atoms with Crippen molar-refractivity contribution in [1.29, 1.82) is 0 Å². The van der Waals surface area contributed by atoms with E-state index < -0.39 is 17.7 Å². The van der Waals surface area contributed by atoms with Gasteiger partial charge in [0, 0.05) is 19.1 Å². The maximum absolute atomic E-state index is 12.7. The van der Waals surface area contributed by atoms with E-state index in [1.165, 1.54) is 9.80 Å². The van der Waals surface area contributed by atoms with Gasteiger partial charge in [0.2, 0.25) is 0 Å². The highest BCUT2D eigenvalue weighted by atomic mass is 16.4. The molecule has 1 aromatic carbocycles. The topological polar surface area (TPSA) is 72.9 Å². The van der Waals surface area contributed by atoms with Gasteiger partial charge in [-0.05, 0) is 32.9 Å². The molecule has 6 nitrogen and oxygen atoms in total. The molecule has 2 N–H and O–H groups in total. The van der Waals surface area contributed by atoms with Crippen LogP contribution in [0.3, 0.4) is 0 Å². The summed E-state index contributed by atoms with van der Waals surface area (Å²) >= 11 is 0. The second-order valence-corrected chi connectivity index (χ2v) is 6.13. The summed E-state index contributed by atoms with van der Waals surface area (Å²) < 4.78 is 0. The first-order valence-corrected chi connectivity index (χ1v) is 6.86. The van der Waals surface area contributed by atoms with Crippen molar-refractivity contribution in [2.75, 3.05) is 23.8 Å². The number of hydrogen-bond acceptors (Lipinski definition) is 3. The van der Waals surface area contributed by atoms with Crippen LogP contribution < -0.4 is 10.2 Å². The molecule has 0 fully saturated rings. The third kappa shape index (κ3) is 2.79. The van der Waals surface area contributed by atoms with E-state index in [4.69, 9.17) is 0 Å². The van der Waals surface area contributed by atoms with Gasteiger partial charge >= 0.3 is 6.09 Å². The van der Waals surface area contributed by atoms with E-state index in [1.807, 2.05) is 24.3 Å². The smallest absolute Gasteiger partial charge is 0.408 e. The molecule has 2 rings (SSSR count). The van der Waals surface area contributed by atoms with E-state index in [2.05, 4.69) is 5.32 Å². The summed E-state index contributed by atoms with van der Waals surface area (Å²) in [4.78, 5) is 27.0. The standard InChI is InChI=1S/C15H21N3O3/c1-15(2,3)18(14(20)21)12-9-16-10-7-5-6-8-11(10)17(4)13(12)19/h5-8,12,16H,9H2,1-4H3,(H,20,21). The van der Waals surface area contributed by atoms with Crippen molar-refractivity contribution in [2.45, 2.75) is 32.4 Å². The first kappa shape index (κ1) is 15.2. The van der Waals surface area contributed by atoms with Crippen LogP contribution in [-0.2, 0) is 4.79 Å². The van der Waals surface area contributed by atoms with Crippen molar-refractivity contribution in [3.63, 3.8) is 0 Å². The highest BCUT2D eigenvalue weighted by molar-refractivity contribution is 6.02. The highest BCUT2D eigenvalue weighted by Gasteiger charge is 2.40. The largest absolute Gasteiger partial charge is 0.465 e. The van der Waals surface area contributed by atoms with E-state index in [-0.39, 0.29) is 12.5 Å². The lowest BCUT2D eigenvalue weighted by molar-refractivity contribution is -0.124. The summed E-state index contributed by atoms with van der Waals surface area (Å²) in [6.07, 6.45) is -1.10. The number of anilines is 2. The predicted octanol–water partition coefficient (Wildman–Crippen LogP) is 2.22. The number of carbonyl (C=O) groups excluding carboxylic acids is 1. The fourth-order valence-electron chi connectivity index (χ4n) is 2.64. The lowest BCUT2D eigenvalue weighted by atomic mass is 10.0. The molecular formula is C15H21N3O3. The third-order valence-corrected chi connectivity index (χ3v) is 3.61. The Bertz CT molecular complexity index is 566. The van der Waals surface area contributed by atoms with Crippen LogP contribution in [0, 0.1) is 0 Å². The second-order valence-electron chi connectivity index (χ2n) is 6.13. The molecule has 0 spiro atoms. The quantitative estimate of drug-likeness (QED) is 0.832. The number of para-hydroxylation sites is 2. The number of carboxylic acid groups (broad SMARTS) is 1. The number of hydrogen-bond donors (Lipinski definition) is 2. The Morgan fingerprint density at radius 3 is 2.57 bits per heavy atom. The summed E-state index contributed by atoms with van der Waals surface area (Å²) in [5, 5.41) is 12.7. The van der Waals surface area contributed by atoms with Gasteiger partial charge in [-0.2, -0.15) is 0 Å². The van der Waals surface area contributed by atoms with Crippen molar-refractivity contribution in [3.05, 3.63) is 24.3 Å². The Hall–Kier alpha value is -2.24. The Kier molecular flexibility index (Phi) is 3.80. The van der Waals surface area contributed by atoms with Gasteiger partial charge in [-0.1, -0.05) is 12.1 Å². The van der Waals surface area contributed by atoms with Crippen molar-refractivity contribution in [1.82, 2.24) is 4.90 Å². The van der Waals surface area contributed by atoms with Gasteiger partial charge in [-0.15, -0.1) is 0 Å². The normalized spacial score (nSPS) is 18.6. The molecule has 21 heavy (non-hydrogen) atoms.